The van der Waals surface area contributed by atoms with Crippen molar-refractivity contribution in [3.63, 3.8) is 0 Å². The summed E-state index contributed by atoms with van der Waals surface area (Å²) in [6.07, 6.45) is 40.9. The molecular formula is C43H85N4O2P. The molecule has 0 aromatic carbocycles. The Hall–Kier alpha value is -1.18. The lowest BCUT2D eigenvalue weighted by Gasteiger charge is -2.34. The van der Waals surface area contributed by atoms with Crippen molar-refractivity contribution in [1.29, 1.82) is 5.26 Å². The second-order valence-electron chi connectivity index (χ2n) is 15.0. The number of nitrogens with one attached hydrogen (secondary N) is 2. The maximum atomic E-state index is 12.4. The molecule has 0 bridgehead atoms. The lowest BCUT2D eigenvalue weighted by molar-refractivity contribution is -0.119. The number of nitriles is 1. The van der Waals surface area contributed by atoms with Crippen molar-refractivity contribution in [3.05, 3.63) is 0 Å². The smallest absolute Gasteiger partial charge is 0.224 e. The monoisotopic (exact) mass is 721 g/mol. The lowest BCUT2D eigenvalue weighted by atomic mass is 10.0. The minimum Gasteiger partial charge on any atom is -0.318 e. The van der Waals surface area contributed by atoms with Gasteiger partial charge in [0.2, 0.25) is 11.8 Å². The first-order chi connectivity index (χ1) is 24.5. The molecule has 0 saturated carbocycles. The number of hydrogen-bond acceptors (Lipinski definition) is 4. The van der Waals surface area contributed by atoms with Gasteiger partial charge >= 0.3 is 0 Å². The van der Waals surface area contributed by atoms with Gasteiger partial charge in [0.15, 0.2) is 0 Å². The topological polar surface area (TPSA) is 85.2 Å². The van der Waals surface area contributed by atoms with Gasteiger partial charge in [-0.05, 0) is 32.4 Å². The van der Waals surface area contributed by atoms with Crippen LogP contribution < -0.4 is 10.2 Å². The SMILES string of the molecule is CCCCCCCCCCCCCCCCN(CCCCCCCCCCCCCCCC)C(CCC#N)CP(NC(=O)CC)NC(=O)CC. The first kappa shape index (κ1) is 48.8. The van der Waals surface area contributed by atoms with E-state index < -0.39 is 8.22 Å². The summed E-state index contributed by atoms with van der Waals surface area (Å²) in [6.45, 7) is 10.4. The van der Waals surface area contributed by atoms with Crippen molar-refractivity contribution < 1.29 is 9.59 Å². The molecule has 1 atom stereocenters. The number of carbonyl (C=O) groups excluding carboxylic acids is 2. The number of carbonyl (C=O) groups is 2. The molecule has 0 saturated heterocycles. The van der Waals surface area contributed by atoms with Crippen LogP contribution in [0, 0.1) is 11.3 Å². The standard InChI is InChI=1S/C43H85N4O2P/c1-5-9-11-13-15-17-19-21-23-25-27-29-31-33-38-47(39-34-32-30-28-26-24-22-20-18-16-14-12-10-6-2)41(36-35-37-44)40-50(45-42(48)7-3)46-43(49)8-4/h41H,5-36,38-40H2,1-4H3,(H,45,48)(H,46,49). The highest BCUT2D eigenvalue weighted by molar-refractivity contribution is 7.55. The van der Waals surface area contributed by atoms with E-state index in [0.717, 1.165) is 19.5 Å². The molecule has 0 spiro atoms. The van der Waals surface area contributed by atoms with Crippen LogP contribution in [0.5, 0.6) is 0 Å². The molecule has 0 aliphatic heterocycles. The molecule has 0 aliphatic rings. The zero-order chi connectivity index (χ0) is 36.8. The normalized spacial score (nSPS) is 12.0. The molecule has 0 aromatic heterocycles. The quantitative estimate of drug-likeness (QED) is 0.0489. The van der Waals surface area contributed by atoms with E-state index in [2.05, 4.69) is 35.0 Å². The Labute approximate surface area is 313 Å². The van der Waals surface area contributed by atoms with Gasteiger partial charge in [-0.15, -0.1) is 0 Å². The van der Waals surface area contributed by atoms with Crippen LogP contribution >= 0.6 is 8.22 Å². The van der Waals surface area contributed by atoms with E-state index in [1.165, 1.54) is 180 Å². The molecule has 0 aliphatic carbocycles. The largest absolute Gasteiger partial charge is 0.318 e. The fraction of sp³-hybridized carbons (Fsp3) is 0.930. The molecule has 0 heterocycles. The van der Waals surface area contributed by atoms with Crippen molar-refractivity contribution >= 4 is 20.0 Å². The third-order valence-corrected chi connectivity index (χ3v) is 12.1. The Morgan fingerprint density at radius 2 is 0.820 bits per heavy atom. The van der Waals surface area contributed by atoms with E-state index in [1.54, 1.807) is 0 Å². The summed E-state index contributed by atoms with van der Waals surface area (Å²) in [6, 6.07) is 2.57. The molecule has 2 amide bonds. The van der Waals surface area contributed by atoms with E-state index in [4.69, 9.17) is 0 Å². The molecule has 0 radical (unpaired) electrons. The number of hydrogen-bond donors (Lipinski definition) is 2. The van der Waals surface area contributed by atoms with E-state index >= 15 is 0 Å². The van der Waals surface area contributed by atoms with E-state index in [0.29, 0.717) is 25.4 Å². The Morgan fingerprint density at radius 3 is 1.10 bits per heavy atom. The van der Waals surface area contributed by atoms with Crippen LogP contribution in [0.1, 0.15) is 233 Å². The summed E-state index contributed by atoms with van der Waals surface area (Å²) in [7, 11) is -1.17. The predicted octanol–water partition coefficient (Wildman–Crippen LogP) is 13.3. The van der Waals surface area contributed by atoms with Crippen LogP contribution in [0.4, 0.5) is 0 Å². The van der Waals surface area contributed by atoms with Crippen molar-refractivity contribution in [2.45, 2.75) is 239 Å². The van der Waals surface area contributed by atoms with Crippen molar-refractivity contribution in [2.24, 2.45) is 0 Å². The Kier molecular flexibility index (Phi) is 38.1. The van der Waals surface area contributed by atoms with Gasteiger partial charge in [-0.1, -0.05) is 195 Å². The molecule has 294 valence electrons. The highest BCUT2D eigenvalue weighted by atomic mass is 31.1. The highest BCUT2D eigenvalue weighted by Crippen LogP contribution is 2.30. The number of rotatable bonds is 39. The van der Waals surface area contributed by atoms with Gasteiger partial charge < -0.3 is 10.2 Å². The van der Waals surface area contributed by atoms with Crippen LogP contribution in [-0.2, 0) is 9.59 Å². The predicted molar refractivity (Wildman–Crippen MR) is 219 cm³/mol. The molecule has 6 nitrogen and oxygen atoms in total. The molecular weight excluding hydrogens is 635 g/mol. The minimum absolute atomic E-state index is 0.0166. The van der Waals surface area contributed by atoms with Gasteiger partial charge in [0.25, 0.3) is 0 Å². The van der Waals surface area contributed by atoms with Crippen molar-refractivity contribution in [3.8, 4) is 6.07 Å². The van der Waals surface area contributed by atoms with E-state index in [9.17, 15) is 14.9 Å². The third-order valence-electron chi connectivity index (χ3n) is 10.3. The molecule has 0 fully saturated rings. The number of nitrogens with zero attached hydrogens (tertiary/aromatic N) is 2. The Bertz CT molecular complexity index is 739. The molecule has 0 rings (SSSR count). The van der Waals surface area contributed by atoms with Gasteiger partial charge in [-0.2, -0.15) is 5.26 Å². The fourth-order valence-corrected chi connectivity index (χ4v) is 8.90. The van der Waals surface area contributed by atoms with Crippen LogP contribution in [0.2, 0.25) is 0 Å². The second kappa shape index (κ2) is 39.0. The van der Waals surface area contributed by atoms with Crippen LogP contribution in [0.3, 0.4) is 0 Å². The summed E-state index contributed by atoms with van der Waals surface area (Å²) in [4.78, 5) is 27.4. The van der Waals surface area contributed by atoms with E-state index in [1.807, 2.05) is 13.8 Å². The molecule has 50 heavy (non-hydrogen) atoms. The zero-order valence-corrected chi connectivity index (χ0v) is 34.9. The fourth-order valence-electron chi connectivity index (χ4n) is 6.91. The first-order valence-electron chi connectivity index (χ1n) is 22.0. The van der Waals surface area contributed by atoms with Crippen LogP contribution in [0.25, 0.3) is 0 Å². The van der Waals surface area contributed by atoms with Crippen molar-refractivity contribution in [2.75, 3.05) is 19.3 Å². The number of unbranched alkanes of at least 4 members (excludes halogenated alkanes) is 26. The lowest BCUT2D eigenvalue weighted by Crippen LogP contribution is -2.42. The molecule has 1 unspecified atom stereocenters. The Morgan fingerprint density at radius 1 is 0.520 bits per heavy atom. The maximum Gasteiger partial charge on any atom is 0.224 e. The Balaban J connectivity index is 4.79. The summed E-state index contributed by atoms with van der Waals surface area (Å²) >= 11 is 0. The molecule has 0 aromatic rings. The first-order valence-corrected chi connectivity index (χ1v) is 23.5. The van der Waals surface area contributed by atoms with Gasteiger partial charge in [0, 0.05) is 31.5 Å². The average molecular weight is 721 g/mol. The zero-order valence-electron chi connectivity index (χ0n) is 34.0. The van der Waals surface area contributed by atoms with Gasteiger partial charge in [0.05, 0.1) is 14.3 Å². The summed E-state index contributed by atoms with van der Waals surface area (Å²) in [5.74, 6) is -0.0333. The molecule has 7 heteroatoms. The number of amides is 2. The minimum atomic E-state index is -1.17. The highest BCUT2D eigenvalue weighted by Gasteiger charge is 2.24. The summed E-state index contributed by atoms with van der Waals surface area (Å²) in [5, 5.41) is 15.7. The summed E-state index contributed by atoms with van der Waals surface area (Å²) < 4.78 is 0. The van der Waals surface area contributed by atoms with Gasteiger partial charge in [-0.25, -0.2) is 0 Å². The van der Waals surface area contributed by atoms with Gasteiger partial charge in [0.1, 0.15) is 0 Å². The maximum absolute atomic E-state index is 12.4. The van der Waals surface area contributed by atoms with Crippen LogP contribution in [-0.4, -0.2) is 42.0 Å². The van der Waals surface area contributed by atoms with Crippen molar-refractivity contribution in [1.82, 2.24) is 15.1 Å². The third kappa shape index (κ3) is 32.7. The summed E-state index contributed by atoms with van der Waals surface area (Å²) in [5.41, 5.74) is 0. The van der Waals surface area contributed by atoms with E-state index in [-0.39, 0.29) is 17.9 Å². The van der Waals surface area contributed by atoms with Gasteiger partial charge in [-0.3, -0.25) is 14.5 Å². The average Bonchev–Trinajstić information content (AvgIpc) is 3.12. The van der Waals surface area contributed by atoms with Crippen LogP contribution in [0.15, 0.2) is 0 Å². The second-order valence-corrected chi connectivity index (χ2v) is 16.6. The molecule has 2 N–H and O–H groups in total.